The molecule has 0 spiro atoms. The van der Waals surface area contributed by atoms with Crippen molar-refractivity contribution >= 4 is 0 Å². The quantitative estimate of drug-likeness (QED) is 0.797. The topological polar surface area (TPSA) is 34.0 Å². The molecule has 4 nitrogen and oxygen atoms in total. The Bertz CT molecular complexity index is 385. The van der Waals surface area contributed by atoms with Gasteiger partial charge in [-0.05, 0) is 38.8 Å². The van der Waals surface area contributed by atoms with Gasteiger partial charge in [-0.3, -0.25) is 0 Å². The van der Waals surface area contributed by atoms with E-state index in [1.807, 2.05) is 0 Å². The van der Waals surface area contributed by atoms with Gasteiger partial charge in [0, 0.05) is 25.4 Å². The second-order valence-corrected chi connectivity index (χ2v) is 5.27. The van der Waals surface area contributed by atoms with Crippen LogP contribution in [0.15, 0.2) is 0 Å². The number of hydrogen-bond donors (Lipinski definition) is 0. The fraction of sp³-hybridized carbons (Fsp3) is 0.846. The van der Waals surface area contributed by atoms with E-state index in [0.717, 1.165) is 19.4 Å². The van der Waals surface area contributed by atoms with Crippen LogP contribution in [0.25, 0.3) is 0 Å². The molecule has 2 aliphatic heterocycles. The minimum atomic E-state index is 0.704. The average Bonchev–Trinajstić information content (AvgIpc) is 2.97. The summed E-state index contributed by atoms with van der Waals surface area (Å²) in [6.07, 6.45) is 7.47. The Morgan fingerprint density at radius 1 is 1.18 bits per heavy atom. The Labute approximate surface area is 103 Å². The Morgan fingerprint density at radius 2 is 2.12 bits per heavy atom. The van der Waals surface area contributed by atoms with Gasteiger partial charge in [0.25, 0.3) is 0 Å². The molecule has 2 aliphatic rings. The zero-order chi connectivity index (χ0) is 11.7. The van der Waals surface area contributed by atoms with E-state index in [0.29, 0.717) is 6.04 Å². The van der Waals surface area contributed by atoms with E-state index >= 15 is 0 Å². The monoisotopic (exact) mass is 234 g/mol. The molecule has 0 aromatic carbocycles. The van der Waals surface area contributed by atoms with E-state index in [2.05, 4.69) is 26.6 Å². The lowest BCUT2D eigenvalue weighted by molar-refractivity contribution is 0.261. The minimum absolute atomic E-state index is 0.704. The second kappa shape index (κ2) is 4.77. The minimum Gasteiger partial charge on any atom is -0.315 e. The van der Waals surface area contributed by atoms with Gasteiger partial charge < -0.3 is 9.47 Å². The van der Waals surface area contributed by atoms with Crippen molar-refractivity contribution in [3.63, 3.8) is 0 Å². The highest BCUT2D eigenvalue weighted by Crippen LogP contribution is 2.22. The van der Waals surface area contributed by atoms with Crippen molar-refractivity contribution in [3.8, 4) is 0 Å². The summed E-state index contributed by atoms with van der Waals surface area (Å²) < 4.78 is 2.37. The van der Waals surface area contributed by atoms with Crippen LogP contribution in [0.3, 0.4) is 0 Å². The summed E-state index contributed by atoms with van der Waals surface area (Å²) in [5.74, 6) is 2.44. The number of likely N-dealkylation sites (tertiary alicyclic amines) is 1. The molecular formula is C13H22N4. The number of hydrogen-bond acceptors (Lipinski definition) is 3. The predicted molar refractivity (Wildman–Crippen MR) is 66.9 cm³/mol. The highest BCUT2D eigenvalue weighted by molar-refractivity contribution is 5.01. The Morgan fingerprint density at radius 3 is 3.00 bits per heavy atom. The van der Waals surface area contributed by atoms with Crippen molar-refractivity contribution < 1.29 is 0 Å². The van der Waals surface area contributed by atoms with E-state index < -0.39 is 0 Å². The molecule has 0 amide bonds. The van der Waals surface area contributed by atoms with Crippen LogP contribution in [0.4, 0.5) is 0 Å². The molecule has 1 aromatic rings. The first-order chi connectivity index (χ1) is 8.38. The molecule has 3 heterocycles. The molecule has 94 valence electrons. The molecule has 1 unspecified atom stereocenters. The van der Waals surface area contributed by atoms with Gasteiger partial charge in [0.2, 0.25) is 0 Å². The van der Waals surface area contributed by atoms with Crippen molar-refractivity contribution in [1.29, 1.82) is 0 Å². The highest BCUT2D eigenvalue weighted by atomic mass is 15.3. The van der Waals surface area contributed by atoms with Crippen molar-refractivity contribution in [1.82, 2.24) is 19.7 Å². The first kappa shape index (κ1) is 11.2. The third kappa shape index (κ3) is 2.10. The first-order valence-corrected chi connectivity index (χ1v) is 7.03. The van der Waals surface area contributed by atoms with Crippen molar-refractivity contribution in [2.24, 2.45) is 0 Å². The molecule has 0 bridgehead atoms. The zero-order valence-electron chi connectivity index (χ0n) is 10.7. The maximum absolute atomic E-state index is 4.42. The van der Waals surface area contributed by atoms with Crippen LogP contribution < -0.4 is 0 Å². The largest absolute Gasteiger partial charge is 0.315 e. The fourth-order valence-electron chi connectivity index (χ4n) is 3.27. The molecule has 4 heteroatoms. The third-order valence-electron chi connectivity index (χ3n) is 4.26. The van der Waals surface area contributed by atoms with Gasteiger partial charge >= 0.3 is 0 Å². The van der Waals surface area contributed by atoms with Crippen LogP contribution >= 0.6 is 0 Å². The van der Waals surface area contributed by atoms with Crippen LogP contribution in [0.2, 0.25) is 0 Å². The van der Waals surface area contributed by atoms with Crippen LogP contribution in [-0.2, 0) is 19.4 Å². The molecule has 1 saturated heterocycles. The number of likely N-dealkylation sites (N-methyl/N-ethyl adjacent to an activating group) is 1. The van der Waals surface area contributed by atoms with Gasteiger partial charge in [-0.15, -0.1) is 10.2 Å². The lowest BCUT2D eigenvalue weighted by atomic mass is 10.1. The molecule has 1 atom stereocenters. The zero-order valence-corrected chi connectivity index (χ0v) is 10.7. The van der Waals surface area contributed by atoms with Crippen molar-refractivity contribution in [2.75, 3.05) is 13.1 Å². The summed E-state index contributed by atoms with van der Waals surface area (Å²) in [5, 5.41) is 8.76. The van der Waals surface area contributed by atoms with Crippen molar-refractivity contribution in [3.05, 3.63) is 11.6 Å². The molecular weight excluding hydrogens is 212 g/mol. The predicted octanol–water partition coefficient (Wildman–Crippen LogP) is 1.64. The first-order valence-electron chi connectivity index (χ1n) is 7.03. The number of rotatable bonds is 3. The molecule has 0 saturated carbocycles. The maximum Gasteiger partial charge on any atom is 0.134 e. The number of nitrogens with zero attached hydrogens (tertiary/aromatic N) is 4. The normalized spacial score (nSPS) is 25.1. The Kier molecular flexibility index (Phi) is 3.14. The number of fused-ring (bicyclic) bond motifs is 1. The van der Waals surface area contributed by atoms with Crippen LogP contribution in [-0.4, -0.2) is 38.8 Å². The highest BCUT2D eigenvalue weighted by Gasteiger charge is 2.26. The summed E-state index contributed by atoms with van der Waals surface area (Å²) in [5.41, 5.74) is 0. The maximum atomic E-state index is 4.42. The van der Waals surface area contributed by atoms with E-state index in [4.69, 9.17) is 0 Å². The summed E-state index contributed by atoms with van der Waals surface area (Å²) in [6, 6.07) is 0.704. The van der Waals surface area contributed by atoms with E-state index in [1.165, 1.54) is 50.4 Å². The van der Waals surface area contributed by atoms with E-state index in [9.17, 15) is 0 Å². The summed E-state index contributed by atoms with van der Waals surface area (Å²) in [7, 11) is 0. The van der Waals surface area contributed by atoms with Gasteiger partial charge in [0.1, 0.15) is 11.6 Å². The Balaban J connectivity index is 1.74. The Hall–Kier alpha value is -0.900. The molecule has 0 radical (unpaired) electrons. The average molecular weight is 234 g/mol. The van der Waals surface area contributed by atoms with Gasteiger partial charge in [0.15, 0.2) is 0 Å². The summed E-state index contributed by atoms with van der Waals surface area (Å²) >= 11 is 0. The molecule has 3 rings (SSSR count). The lowest BCUT2D eigenvalue weighted by Gasteiger charge is -2.23. The van der Waals surface area contributed by atoms with Crippen LogP contribution in [0.1, 0.15) is 44.3 Å². The molecule has 0 N–H and O–H groups in total. The van der Waals surface area contributed by atoms with Gasteiger partial charge in [-0.2, -0.15) is 0 Å². The SMILES string of the molecule is CCN1CCCC1Cc1nnc2n1CCCC2. The van der Waals surface area contributed by atoms with Crippen LogP contribution in [0, 0.1) is 0 Å². The van der Waals surface area contributed by atoms with Crippen LogP contribution in [0.5, 0.6) is 0 Å². The number of aromatic nitrogens is 3. The third-order valence-corrected chi connectivity index (χ3v) is 4.26. The van der Waals surface area contributed by atoms with E-state index in [1.54, 1.807) is 0 Å². The van der Waals surface area contributed by atoms with Crippen molar-refractivity contribution in [2.45, 2.75) is 58.0 Å². The smallest absolute Gasteiger partial charge is 0.134 e. The lowest BCUT2D eigenvalue weighted by Crippen LogP contribution is -2.32. The molecule has 17 heavy (non-hydrogen) atoms. The molecule has 0 aliphatic carbocycles. The van der Waals surface area contributed by atoms with Gasteiger partial charge in [-0.25, -0.2) is 0 Å². The summed E-state index contributed by atoms with van der Waals surface area (Å²) in [6.45, 7) is 5.84. The molecule has 1 aromatic heterocycles. The van der Waals surface area contributed by atoms with E-state index in [-0.39, 0.29) is 0 Å². The fourth-order valence-corrected chi connectivity index (χ4v) is 3.27. The van der Waals surface area contributed by atoms with Gasteiger partial charge in [0.05, 0.1) is 0 Å². The van der Waals surface area contributed by atoms with Gasteiger partial charge in [-0.1, -0.05) is 6.92 Å². The number of aryl methyl sites for hydroxylation is 1. The molecule has 1 fully saturated rings. The summed E-state index contributed by atoms with van der Waals surface area (Å²) in [4.78, 5) is 2.59. The second-order valence-electron chi connectivity index (χ2n) is 5.27. The standard InChI is InChI=1S/C13H22N4/c1-2-16-8-5-6-11(16)10-13-15-14-12-7-3-4-9-17(12)13/h11H,2-10H2,1H3.